The summed E-state index contributed by atoms with van der Waals surface area (Å²) < 4.78 is 0. The van der Waals surface area contributed by atoms with Crippen molar-refractivity contribution in [3.8, 4) is 0 Å². The van der Waals surface area contributed by atoms with E-state index in [0.717, 1.165) is 10.5 Å². The molecule has 0 aliphatic rings. The maximum atomic E-state index is 11.7. The molecule has 5 nitrogen and oxygen atoms in total. The van der Waals surface area contributed by atoms with Crippen molar-refractivity contribution in [1.29, 1.82) is 0 Å². The zero-order valence-corrected chi connectivity index (χ0v) is 10.3. The number of carbonyl (C=O) groups excluding carboxylic acids is 1. The van der Waals surface area contributed by atoms with E-state index in [-0.39, 0.29) is 0 Å². The third-order valence-corrected chi connectivity index (χ3v) is 2.78. The second-order valence-electron chi connectivity index (χ2n) is 3.29. The lowest BCUT2D eigenvalue weighted by Gasteiger charge is -2.08. The maximum Gasteiger partial charge on any atom is 0.332 e. The van der Waals surface area contributed by atoms with Crippen LogP contribution in [-0.2, 0) is 9.63 Å². The average molecular weight is 255 g/mol. The van der Waals surface area contributed by atoms with Crippen LogP contribution in [0.2, 0.25) is 0 Å². The van der Waals surface area contributed by atoms with Crippen LogP contribution in [0.3, 0.4) is 0 Å². The molecule has 0 atom stereocenters. The van der Waals surface area contributed by atoms with Gasteiger partial charge in [-0.2, -0.15) is 0 Å². The molecule has 1 rings (SSSR count). The van der Waals surface area contributed by atoms with E-state index >= 15 is 0 Å². The van der Waals surface area contributed by atoms with Gasteiger partial charge in [-0.25, -0.2) is 10.3 Å². The fraction of sp³-hybridized carbons (Fsp3) is 0.273. The van der Waals surface area contributed by atoms with Crippen LogP contribution >= 0.6 is 11.8 Å². The number of benzene rings is 1. The van der Waals surface area contributed by atoms with Crippen molar-refractivity contribution < 1.29 is 19.5 Å². The number of hydrogen-bond acceptors (Lipinski definition) is 4. The standard InChI is InChI=1S/C11H13NO4S/c1-7-3-4-8(17-2)5-9(7)11(15)12-16-6-10(13)14/h3-5H,6H2,1-2H3,(H,12,15)(H,13,14). The lowest BCUT2D eigenvalue weighted by atomic mass is 10.1. The van der Waals surface area contributed by atoms with Gasteiger partial charge in [-0.1, -0.05) is 6.07 Å². The van der Waals surface area contributed by atoms with Gasteiger partial charge in [0.2, 0.25) is 0 Å². The number of amides is 1. The Morgan fingerprint density at radius 2 is 2.18 bits per heavy atom. The van der Waals surface area contributed by atoms with Crippen molar-refractivity contribution in [2.75, 3.05) is 12.9 Å². The van der Waals surface area contributed by atoms with Crippen LogP contribution in [0.4, 0.5) is 0 Å². The minimum absolute atomic E-state index is 0.445. The minimum Gasteiger partial charge on any atom is -0.479 e. The van der Waals surface area contributed by atoms with Crippen molar-refractivity contribution in [3.05, 3.63) is 29.3 Å². The third-order valence-electron chi connectivity index (χ3n) is 2.05. The Kier molecular flexibility index (Phi) is 4.99. The van der Waals surface area contributed by atoms with Gasteiger partial charge in [0.15, 0.2) is 6.61 Å². The number of hydroxylamine groups is 1. The van der Waals surface area contributed by atoms with Gasteiger partial charge in [0, 0.05) is 10.5 Å². The largest absolute Gasteiger partial charge is 0.479 e. The highest BCUT2D eigenvalue weighted by Crippen LogP contribution is 2.18. The van der Waals surface area contributed by atoms with Crippen molar-refractivity contribution in [3.63, 3.8) is 0 Å². The Balaban J connectivity index is 2.70. The molecular formula is C11H13NO4S. The van der Waals surface area contributed by atoms with E-state index in [1.54, 1.807) is 13.0 Å². The molecule has 92 valence electrons. The van der Waals surface area contributed by atoms with Gasteiger partial charge in [0.05, 0.1) is 0 Å². The van der Waals surface area contributed by atoms with Gasteiger partial charge in [-0.05, 0) is 30.9 Å². The number of aliphatic carboxylic acids is 1. The Morgan fingerprint density at radius 1 is 1.47 bits per heavy atom. The highest BCUT2D eigenvalue weighted by molar-refractivity contribution is 7.98. The average Bonchev–Trinajstić information content (AvgIpc) is 2.29. The van der Waals surface area contributed by atoms with E-state index in [1.807, 2.05) is 18.4 Å². The van der Waals surface area contributed by atoms with Crippen LogP contribution in [0, 0.1) is 6.92 Å². The number of rotatable bonds is 5. The van der Waals surface area contributed by atoms with Crippen molar-refractivity contribution >= 4 is 23.6 Å². The summed E-state index contributed by atoms with van der Waals surface area (Å²) in [5.74, 6) is -1.58. The predicted octanol–water partition coefficient (Wildman–Crippen LogP) is 1.46. The molecule has 1 amide bonds. The topological polar surface area (TPSA) is 75.6 Å². The molecule has 2 N–H and O–H groups in total. The number of nitrogens with one attached hydrogen (secondary N) is 1. The number of carboxylic acids is 1. The second-order valence-corrected chi connectivity index (χ2v) is 4.17. The summed E-state index contributed by atoms with van der Waals surface area (Å²) in [7, 11) is 0. The summed E-state index contributed by atoms with van der Waals surface area (Å²) in [4.78, 5) is 27.4. The fourth-order valence-electron chi connectivity index (χ4n) is 1.19. The highest BCUT2D eigenvalue weighted by atomic mass is 32.2. The van der Waals surface area contributed by atoms with E-state index in [0.29, 0.717) is 5.56 Å². The third kappa shape index (κ3) is 4.08. The molecule has 0 radical (unpaired) electrons. The molecular weight excluding hydrogens is 242 g/mol. The highest BCUT2D eigenvalue weighted by Gasteiger charge is 2.10. The first-order chi connectivity index (χ1) is 8.04. The molecule has 1 aromatic carbocycles. The number of carbonyl (C=O) groups is 2. The smallest absolute Gasteiger partial charge is 0.332 e. The van der Waals surface area contributed by atoms with E-state index in [2.05, 4.69) is 10.3 Å². The molecule has 0 aliphatic heterocycles. The molecule has 0 fully saturated rings. The lowest BCUT2D eigenvalue weighted by molar-refractivity contribution is -0.144. The first kappa shape index (κ1) is 13.5. The molecule has 0 saturated heterocycles. The number of hydrogen-bond donors (Lipinski definition) is 2. The van der Waals surface area contributed by atoms with Crippen LogP contribution in [0.1, 0.15) is 15.9 Å². The fourth-order valence-corrected chi connectivity index (χ4v) is 1.63. The van der Waals surface area contributed by atoms with E-state index in [9.17, 15) is 9.59 Å². The molecule has 0 saturated carbocycles. The monoisotopic (exact) mass is 255 g/mol. The second kappa shape index (κ2) is 6.27. The molecule has 0 spiro atoms. The summed E-state index contributed by atoms with van der Waals surface area (Å²) in [6.45, 7) is 1.24. The quantitative estimate of drug-likeness (QED) is 0.615. The van der Waals surface area contributed by atoms with Gasteiger partial charge >= 0.3 is 5.97 Å². The van der Waals surface area contributed by atoms with Gasteiger partial charge in [0.1, 0.15) is 0 Å². The van der Waals surface area contributed by atoms with Crippen molar-refractivity contribution in [1.82, 2.24) is 5.48 Å². The SMILES string of the molecule is CSc1ccc(C)c(C(=O)NOCC(=O)O)c1. The van der Waals surface area contributed by atoms with Crippen molar-refractivity contribution in [2.24, 2.45) is 0 Å². The molecule has 0 aliphatic carbocycles. The minimum atomic E-state index is -1.14. The molecule has 6 heteroatoms. The van der Waals surface area contributed by atoms with Gasteiger partial charge in [-0.15, -0.1) is 11.8 Å². The van der Waals surface area contributed by atoms with E-state index < -0.39 is 18.5 Å². The Bertz CT molecular complexity index is 433. The number of carboxylic acid groups (broad SMARTS) is 1. The van der Waals surface area contributed by atoms with Crippen LogP contribution in [0.5, 0.6) is 0 Å². The Morgan fingerprint density at radius 3 is 2.76 bits per heavy atom. The predicted molar refractivity (Wildman–Crippen MR) is 64.0 cm³/mol. The molecule has 17 heavy (non-hydrogen) atoms. The van der Waals surface area contributed by atoms with Gasteiger partial charge < -0.3 is 5.11 Å². The first-order valence-corrected chi connectivity index (χ1v) is 6.05. The summed E-state index contributed by atoms with van der Waals surface area (Å²) >= 11 is 1.52. The molecule has 0 heterocycles. The number of thioether (sulfide) groups is 1. The Labute approximate surface area is 103 Å². The zero-order valence-electron chi connectivity index (χ0n) is 9.52. The normalized spacial score (nSPS) is 10.0. The summed E-state index contributed by atoms with van der Waals surface area (Å²) in [6.07, 6.45) is 1.91. The lowest BCUT2D eigenvalue weighted by Crippen LogP contribution is -2.27. The molecule has 0 aromatic heterocycles. The van der Waals surface area contributed by atoms with Crippen LogP contribution < -0.4 is 5.48 Å². The number of aryl methyl sites for hydroxylation is 1. The zero-order chi connectivity index (χ0) is 12.8. The van der Waals surface area contributed by atoms with Gasteiger partial charge in [-0.3, -0.25) is 9.63 Å². The van der Waals surface area contributed by atoms with Crippen LogP contribution in [-0.4, -0.2) is 29.8 Å². The van der Waals surface area contributed by atoms with Crippen LogP contribution in [0.15, 0.2) is 23.1 Å². The first-order valence-electron chi connectivity index (χ1n) is 4.83. The summed E-state index contributed by atoms with van der Waals surface area (Å²) in [5, 5.41) is 8.35. The summed E-state index contributed by atoms with van der Waals surface area (Å²) in [5.41, 5.74) is 3.37. The molecule has 0 bridgehead atoms. The summed E-state index contributed by atoms with van der Waals surface area (Å²) in [6, 6.07) is 5.48. The molecule has 0 unspecified atom stereocenters. The maximum absolute atomic E-state index is 11.7. The van der Waals surface area contributed by atoms with Crippen LogP contribution in [0.25, 0.3) is 0 Å². The molecule has 1 aromatic rings. The van der Waals surface area contributed by atoms with E-state index in [4.69, 9.17) is 5.11 Å². The van der Waals surface area contributed by atoms with E-state index in [1.165, 1.54) is 11.8 Å². The van der Waals surface area contributed by atoms with Gasteiger partial charge in [0.25, 0.3) is 5.91 Å². The van der Waals surface area contributed by atoms with Crippen molar-refractivity contribution in [2.45, 2.75) is 11.8 Å². The Hall–Kier alpha value is -1.53.